The summed E-state index contributed by atoms with van der Waals surface area (Å²) in [5, 5.41) is 3.00. The summed E-state index contributed by atoms with van der Waals surface area (Å²) >= 11 is 0. The lowest BCUT2D eigenvalue weighted by Gasteiger charge is -2.30. The molecule has 2 aliphatic heterocycles. The number of carbonyl (C=O) groups excluding carboxylic acids is 1. The van der Waals surface area contributed by atoms with E-state index in [1.807, 2.05) is 43.3 Å². The molecule has 2 aromatic rings. The third-order valence-electron chi connectivity index (χ3n) is 6.26. The highest BCUT2D eigenvalue weighted by Gasteiger charge is 2.31. The molecule has 2 saturated heterocycles. The summed E-state index contributed by atoms with van der Waals surface area (Å²) in [5.41, 5.74) is 3.85. The highest BCUT2D eigenvalue weighted by Crippen LogP contribution is 2.25. The number of aryl methyl sites for hydroxylation is 1. The van der Waals surface area contributed by atoms with Crippen molar-refractivity contribution in [3.05, 3.63) is 59.7 Å². The van der Waals surface area contributed by atoms with Gasteiger partial charge < -0.3 is 10.2 Å². The van der Waals surface area contributed by atoms with Crippen molar-refractivity contribution >= 4 is 27.3 Å². The molecule has 2 aromatic carbocycles. The lowest BCUT2D eigenvalue weighted by molar-refractivity contribution is -0.120. The fourth-order valence-electron chi connectivity index (χ4n) is 4.48. The van der Waals surface area contributed by atoms with Crippen LogP contribution in [0.15, 0.2) is 48.5 Å². The average molecular weight is 442 g/mol. The summed E-state index contributed by atoms with van der Waals surface area (Å²) in [6, 6.07) is 15.6. The van der Waals surface area contributed by atoms with E-state index in [-0.39, 0.29) is 17.6 Å². The van der Waals surface area contributed by atoms with Gasteiger partial charge in [-0.1, -0.05) is 29.8 Å². The van der Waals surface area contributed by atoms with Crippen LogP contribution in [0.2, 0.25) is 0 Å². The summed E-state index contributed by atoms with van der Waals surface area (Å²) < 4.78 is 27.1. The molecular formula is C24H31N3O3S. The van der Waals surface area contributed by atoms with Gasteiger partial charge in [-0.15, -0.1) is 0 Å². The number of sulfonamides is 1. The zero-order valence-electron chi connectivity index (χ0n) is 18.1. The van der Waals surface area contributed by atoms with Gasteiger partial charge >= 0.3 is 0 Å². The Bertz CT molecular complexity index is 1010. The molecule has 7 heteroatoms. The van der Waals surface area contributed by atoms with Gasteiger partial charge in [-0.2, -0.15) is 0 Å². The molecule has 4 rings (SSSR count). The predicted octanol–water partition coefficient (Wildman–Crippen LogP) is 3.78. The Kier molecular flexibility index (Phi) is 6.62. The van der Waals surface area contributed by atoms with Crippen LogP contribution < -0.4 is 10.2 Å². The number of piperidine rings is 1. The molecule has 1 N–H and O–H groups in total. The first kappa shape index (κ1) is 21.8. The van der Waals surface area contributed by atoms with E-state index < -0.39 is 10.0 Å². The van der Waals surface area contributed by atoms with Gasteiger partial charge in [0.05, 0.1) is 5.75 Å². The molecule has 0 radical (unpaired) electrons. The Morgan fingerprint density at radius 1 is 1.00 bits per heavy atom. The molecule has 6 nitrogen and oxygen atoms in total. The van der Waals surface area contributed by atoms with Gasteiger partial charge in [0, 0.05) is 43.5 Å². The van der Waals surface area contributed by atoms with Crippen molar-refractivity contribution in [1.29, 1.82) is 0 Å². The molecule has 0 bridgehead atoms. The first-order valence-corrected chi connectivity index (χ1v) is 12.7. The highest BCUT2D eigenvalue weighted by molar-refractivity contribution is 7.88. The standard InChI is InChI=1S/C24H31N3O3S/c1-19-5-4-6-20(17-19)18-31(29,30)27-15-11-21(12-16-27)24(28)25-22-7-9-23(10-8-22)26-13-2-3-14-26/h4-10,17,21H,2-3,11-16,18H2,1H3,(H,25,28). The lowest BCUT2D eigenvalue weighted by Crippen LogP contribution is -2.41. The van der Waals surface area contributed by atoms with Gasteiger partial charge in [-0.05, 0) is 62.4 Å². The first-order chi connectivity index (χ1) is 14.9. The molecule has 0 aliphatic carbocycles. The third kappa shape index (κ3) is 5.46. The summed E-state index contributed by atoms with van der Waals surface area (Å²) in [6.45, 7) is 4.93. The molecule has 2 fully saturated rings. The average Bonchev–Trinajstić information content (AvgIpc) is 3.29. The minimum absolute atomic E-state index is 0.00884. The van der Waals surface area contributed by atoms with E-state index in [1.165, 1.54) is 22.8 Å². The van der Waals surface area contributed by atoms with E-state index in [9.17, 15) is 13.2 Å². The number of hydrogen-bond acceptors (Lipinski definition) is 4. The Hall–Kier alpha value is -2.38. The SMILES string of the molecule is Cc1cccc(CS(=O)(=O)N2CCC(C(=O)Nc3ccc(N4CCCC4)cc3)CC2)c1. The maximum atomic E-state index is 12.8. The van der Waals surface area contributed by atoms with E-state index in [1.54, 1.807) is 0 Å². The minimum atomic E-state index is -3.38. The summed E-state index contributed by atoms with van der Waals surface area (Å²) in [6.07, 6.45) is 3.56. The van der Waals surface area contributed by atoms with Gasteiger partial charge in [0.1, 0.15) is 0 Å². The molecule has 0 saturated carbocycles. The number of carbonyl (C=O) groups is 1. The number of rotatable bonds is 6. The van der Waals surface area contributed by atoms with Crippen molar-refractivity contribution in [1.82, 2.24) is 4.31 Å². The van der Waals surface area contributed by atoms with Crippen molar-refractivity contribution < 1.29 is 13.2 Å². The Morgan fingerprint density at radius 3 is 2.32 bits per heavy atom. The van der Waals surface area contributed by atoms with Gasteiger partial charge in [-0.3, -0.25) is 4.79 Å². The molecule has 1 amide bonds. The fourth-order valence-corrected chi connectivity index (χ4v) is 6.03. The molecule has 0 spiro atoms. The number of amides is 1. The zero-order valence-corrected chi connectivity index (χ0v) is 18.9. The molecule has 0 unspecified atom stereocenters. The van der Waals surface area contributed by atoms with Gasteiger partial charge in [-0.25, -0.2) is 12.7 Å². The third-order valence-corrected chi connectivity index (χ3v) is 8.11. The van der Waals surface area contributed by atoms with Crippen LogP contribution in [0.3, 0.4) is 0 Å². The molecule has 2 heterocycles. The van der Waals surface area contributed by atoms with Gasteiger partial charge in [0.25, 0.3) is 0 Å². The van der Waals surface area contributed by atoms with Crippen LogP contribution in [0.1, 0.15) is 36.8 Å². The molecule has 31 heavy (non-hydrogen) atoms. The Balaban J connectivity index is 1.29. The van der Waals surface area contributed by atoms with Crippen molar-refractivity contribution in [3.8, 4) is 0 Å². The van der Waals surface area contributed by atoms with Crippen LogP contribution >= 0.6 is 0 Å². The molecule has 2 aliphatic rings. The van der Waals surface area contributed by atoms with Crippen LogP contribution in [-0.4, -0.2) is 44.8 Å². The smallest absolute Gasteiger partial charge is 0.227 e. The number of anilines is 2. The number of nitrogens with zero attached hydrogens (tertiary/aromatic N) is 2. The zero-order chi connectivity index (χ0) is 21.8. The predicted molar refractivity (Wildman–Crippen MR) is 125 cm³/mol. The Labute approximate surface area is 185 Å². The van der Waals surface area contributed by atoms with E-state index in [0.717, 1.165) is 29.9 Å². The van der Waals surface area contributed by atoms with E-state index in [2.05, 4.69) is 22.3 Å². The number of hydrogen-bond donors (Lipinski definition) is 1. The van der Waals surface area contributed by atoms with Crippen LogP contribution in [-0.2, 0) is 20.6 Å². The van der Waals surface area contributed by atoms with Crippen molar-refractivity contribution in [2.45, 2.75) is 38.4 Å². The van der Waals surface area contributed by atoms with Crippen LogP contribution in [0.25, 0.3) is 0 Å². The quantitative estimate of drug-likeness (QED) is 0.741. The second-order valence-corrected chi connectivity index (χ2v) is 10.6. The number of nitrogens with one attached hydrogen (secondary N) is 1. The van der Waals surface area contributed by atoms with Crippen molar-refractivity contribution in [2.75, 3.05) is 36.4 Å². The fraction of sp³-hybridized carbons (Fsp3) is 0.458. The second-order valence-electron chi connectivity index (χ2n) is 8.65. The molecular weight excluding hydrogens is 410 g/mol. The summed E-state index contributed by atoms with van der Waals surface area (Å²) in [4.78, 5) is 15.1. The number of benzene rings is 2. The second kappa shape index (κ2) is 9.40. The van der Waals surface area contributed by atoms with E-state index in [4.69, 9.17) is 0 Å². The minimum Gasteiger partial charge on any atom is -0.372 e. The van der Waals surface area contributed by atoms with E-state index >= 15 is 0 Å². The largest absolute Gasteiger partial charge is 0.372 e. The summed E-state index contributed by atoms with van der Waals surface area (Å²) in [5.74, 6) is -0.178. The molecule has 166 valence electrons. The molecule has 0 atom stereocenters. The van der Waals surface area contributed by atoms with Gasteiger partial charge in [0.2, 0.25) is 15.9 Å². The maximum absolute atomic E-state index is 12.8. The Morgan fingerprint density at radius 2 is 1.68 bits per heavy atom. The summed E-state index contributed by atoms with van der Waals surface area (Å²) in [7, 11) is -3.38. The normalized spacial score (nSPS) is 18.3. The topological polar surface area (TPSA) is 69.7 Å². The van der Waals surface area contributed by atoms with Crippen LogP contribution in [0, 0.1) is 12.8 Å². The monoisotopic (exact) mass is 441 g/mol. The van der Waals surface area contributed by atoms with E-state index in [0.29, 0.717) is 25.9 Å². The first-order valence-electron chi connectivity index (χ1n) is 11.1. The van der Waals surface area contributed by atoms with Crippen LogP contribution in [0.4, 0.5) is 11.4 Å². The van der Waals surface area contributed by atoms with Gasteiger partial charge in [0.15, 0.2) is 0 Å². The van der Waals surface area contributed by atoms with Crippen molar-refractivity contribution in [2.24, 2.45) is 5.92 Å². The maximum Gasteiger partial charge on any atom is 0.227 e. The van der Waals surface area contributed by atoms with Crippen LogP contribution in [0.5, 0.6) is 0 Å². The lowest BCUT2D eigenvalue weighted by atomic mass is 9.97. The highest BCUT2D eigenvalue weighted by atomic mass is 32.2. The van der Waals surface area contributed by atoms with Crippen molar-refractivity contribution in [3.63, 3.8) is 0 Å². The molecule has 0 aromatic heterocycles.